The number of carbonyl (C=O) groups excluding carboxylic acids is 4. The van der Waals surface area contributed by atoms with Crippen LogP contribution < -0.4 is 21.3 Å². The predicted octanol–water partition coefficient (Wildman–Crippen LogP) is 14.7. The molecule has 0 saturated carbocycles. The van der Waals surface area contributed by atoms with Gasteiger partial charge in [0.15, 0.2) is 0 Å². The number of aromatic nitrogens is 4. The molecule has 0 atom stereocenters. The zero-order chi connectivity index (χ0) is 56.8. The van der Waals surface area contributed by atoms with Crippen LogP contribution in [-0.2, 0) is 24.0 Å². The minimum atomic E-state index is -1.27. The first-order chi connectivity index (χ1) is 37.3. The molecule has 2 aliphatic rings. The van der Waals surface area contributed by atoms with Gasteiger partial charge < -0.3 is 36.3 Å². The van der Waals surface area contributed by atoms with Gasteiger partial charge in [-0.3, -0.25) is 24.0 Å². The minimum Gasteiger partial charge on any atom is -0.481 e. The van der Waals surface area contributed by atoms with Crippen LogP contribution in [0.4, 0.5) is 22.7 Å². The number of hydrogen-bond acceptors (Lipinski definition) is 7. The molecule has 14 nitrogen and oxygen atoms in total. The van der Waals surface area contributed by atoms with E-state index >= 15 is 0 Å². The maximum Gasteiger partial charge on any atom is 0.304 e. The second-order valence-electron chi connectivity index (χ2n) is 23.7. The number of H-pyrrole nitrogens is 2. The van der Waals surface area contributed by atoms with Gasteiger partial charge in [-0.05, 0) is 72.8 Å². The zero-order valence-corrected chi connectivity index (χ0v) is 46.4. The molecule has 5 heterocycles. The topological polar surface area (TPSA) is 211 Å². The van der Waals surface area contributed by atoms with Crippen LogP contribution in [0.25, 0.3) is 90.9 Å². The van der Waals surface area contributed by atoms with Gasteiger partial charge in [-0.1, -0.05) is 149 Å². The zero-order valence-electron chi connectivity index (χ0n) is 46.4. The molecule has 9 rings (SSSR count). The first-order valence-electron chi connectivity index (χ1n) is 26.3. The Hall–Kier alpha value is -9.17. The molecule has 0 radical (unpaired) electrons. The summed E-state index contributed by atoms with van der Waals surface area (Å²) < 4.78 is 0. The lowest BCUT2D eigenvalue weighted by molar-refractivity contribution is -0.142. The number of carboxylic acid groups (broad SMARTS) is 1. The molecule has 3 aromatic heterocycles. The lowest BCUT2D eigenvalue weighted by atomic mass is 9.88. The average Bonchev–Trinajstić information content (AvgIpc) is 4.26. The van der Waals surface area contributed by atoms with Crippen molar-refractivity contribution in [2.45, 2.75) is 82.6 Å². The van der Waals surface area contributed by atoms with Crippen molar-refractivity contribution in [3.8, 4) is 44.5 Å². The quantitative estimate of drug-likeness (QED) is 0.0661. The molecule has 0 unspecified atom stereocenters. The molecule has 4 amide bonds. The number of carbonyl (C=O) groups is 5. The molecule has 0 fully saturated rings. The Morgan fingerprint density at radius 2 is 0.620 bits per heavy atom. The van der Waals surface area contributed by atoms with Crippen molar-refractivity contribution in [2.75, 3.05) is 21.3 Å². The molecule has 4 aromatic carbocycles. The Bertz CT molecular complexity index is 3800. The van der Waals surface area contributed by atoms with Crippen LogP contribution in [0.3, 0.4) is 0 Å². The van der Waals surface area contributed by atoms with Crippen LogP contribution in [-0.4, -0.2) is 54.6 Å². The Morgan fingerprint density at radius 3 is 0.861 bits per heavy atom. The molecular formula is C65H66N8O6. The van der Waals surface area contributed by atoms with Crippen molar-refractivity contribution >= 4 is 98.7 Å². The van der Waals surface area contributed by atoms with Gasteiger partial charge in [0.1, 0.15) is 0 Å². The van der Waals surface area contributed by atoms with Crippen LogP contribution in [0.1, 0.15) is 105 Å². The van der Waals surface area contributed by atoms with E-state index in [1.54, 1.807) is 26.0 Å². The molecule has 0 spiro atoms. The summed E-state index contributed by atoms with van der Waals surface area (Å²) in [4.78, 5) is 85.9. The third kappa shape index (κ3) is 11.5. The Balaban J connectivity index is 1.45. The van der Waals surface area contributed by atoms with Crippen molar-refractivity contribution in [3.05, 3.63) is 144 Å². The second kappa shape index (κ2) is 21.0. The number of carboxylic acids is 1. The lowest BCUT2D eigenvalue weighted by Crippen LogP contribution is -2.33. The molecule has 79 heavy (non-hydrogen) atoms. The number of fused-ring (bicyclic) bond motifs is 8. The molecular weight excluding hydrogens is 989 g/mol. The van der Waals surface area contributed by atoms with Gasteiger partial charge in [0.05, 0.1) is 34.6 Å². The average molecular weight is 1060 g/mol. The van der Waals surface area contributed by atoms with E-state index < -0.39 is 40.0 Å². The summed E-state index contributed by atoms with van der Waals surface area (Å²) in [7, 11) is 0. The fourth-order valence-corrected chi connectivity index (χ4v) is 9.26. The smallest absolute Gasteiger partial charge is 0.304 e. The van der Waals surface area contributed by atoms with E-state index in [9.17, 15) is 29.1 Å². The number of rotatable bonds is 11. The van der Waals surface area contributed by atoms with E-state index in [0.717, 1.165) is 0 Å². The van der Waals surface area contributed by atoms with Gasteiger partial charge in [-0.15, -0.1) is 0 Å². The molecule has 2 aliphatic heterocycles. The highest BCUT2D eigenvalue weighted by Gasteiger charge is 2.32. The van der Waals surface area contributed by atoms with Crippen LogP contribution >= 0.6 is 0 Å². The van der Waals surface area contributed by atoms with Gasteiger partial charge in [0.2, 0.25) is 23.6 Å². The number of aromatic amines is 2. The van der Waals surface area contributed by atoms with E-state index in [0.29, 0.717) is 112 Å². The second-order valence-corrected chi connectivity index (χ2v) is 23.7. The normalized spacial score (nSPS) is 12.5. The lowest BCUT2D eigenvalue weighted by Gasteiger charge is -2.22. The Kier molecular flexibility index (Phi) is 14.5. The van der Waals surface area contributed by atoms with Crippen molar-refractivity contribution in [1.82, 2.24) is 19.9 Å². The molecule has 14 heteroatoms. The first kappa shape index (κ1) is 54.6. The van der Waals surface area contributed by atoms with Gasteiger partial charge in [-0.2, -0.15) is 0 Å². The highest BCUT2D eigenvalue weighted by molar-refractivity contribution is 6.09. The first-order valence-corrected chi connectivity index (χ1v) is 26.3. The van der Waals surface area contributed by atoms with Gasteiger partial charge in [-0.25, -0.2) is 9.97 Å². The summed E-state index contributed by atoms with van der Waals surface area (Å²) in [6.45, 7) is 19.9. The summed E-state index contributed by atoms with van der Waals surface area (Å²) in [5, 5.41) is 22.4. The summed E-state index contributed by atoms with van der Waals surface area (Å²) in [5.41, 5.74) is 8.71. The molecule has 0 aliphatic carbocycles. The molecule has 7 N–H and O–H groups in total. The van der Waals surface area contributed by atoms with Crippen molar-refractivity contribution in [3.63, 3.8) is 0 Å². The van der Waals surface area contributed by atoms with Crippen molar-refractivity contribution in [1.29, 1.82) is 0 Å². The fourth-order valence-electron chi connectivity index (χ4n) is 9.26. The Morgan fingerprint density at radius 1 is 0.380 bits per heavy atom. The maximum atomic E-state index is 14.1. The molecule has 402 valence electrons. The number of aliphatic carboxylic acids is 1. The number of benzene rings is 4. The van der Waals surface area contributed by atoms with E-state index in [-0.39, 0.29) is 17.7 Å². The highest BCUT2D eigenvalue weighted by atomic mass is 16.4. The number of amides is 4. The number of nitrogens with one attached hydrogen (secondary N) is 6. The minimum absolute atomic E-state index is 0.171. The maximum absolute atomic E-state index is 14.1. The molecule has 7 aromatic rings. The standard InChI is InChI=1S/C65H66N8O6/c1-62(2,3)58(76)70-41-24-16-12-20-37(41)54-45-28-30-47(66-45)55(38-21-13-17-25-42(38)71-59(77)63(4,5)6)49-32-34-51(68-49)57(40-23-15-19-27-44(40)73-61(79)65(10,11)36-53(74)75)52-35-33-50(69-52)56(48-31-29-46(54)67-48)39-22-14-18-26-43(39)72-60(78)64(7,8)9/h12-35,66,69H,36H2,1-11H3,(H,70,76)(H,71,77)(H,72,78)(H,73,79)(H,74,75). The SMILES string of the molecule is CC(C)(C)C(=O)Nc1ccccc1-c1c2nc(c(-c3ccccc3NC(=O)C(C)(C)C)c3ccc([nH]3)c(-c3ccccc3NC(=O)C(C)(C)CC(=O)O)c3nc(c(-c4ccccc4NC(=O)C(C)(C)C)c4ccc1[nH]4)C=C3)C=C2. The van der Waals surface area contributed by atoms with Crippen molar-refractivity contribution in [2.24, 2.45) is 21.7 Å². The van der Waals surface area contributed by atoms with Crippen LogP contribution in [0, 0.1) is 21.7 Å². The highest BCUT2D eigenvalue weighted by Crippen LogP contribution is 2.44. The predicted molar refractivity (Wildman–Crippen MR) is 320 cm³/mol. The van der Waals surface area contributed by atoms with Crippen molar-refractivity contribution < 1.29 is 29.1 Å². The number of hydrogen-bond donors (Lipinski definition) is 7. The number of para-hydroxylation sites is 4. The van der Waals surface area contributed by atoms with Gasteiger partial charge in [0.25, 0.3) is 0 Å². The molecule has 0 saturated heterocycles. The monoisotopic (exact) mass is 1050 g/mol. The van der Waals surface area contributed by atoms with E-state index in [2.05, 4.69) is 31.2 Å². The van der Waals surface area contributed by atoms with E-state index in [4.69, 9.17) is 9.97 Å². The van der Waals surface area contributed by atoms with Gasteiger partial charge in [0, 0.05) is 106 Å². The largest absolute Gasteiger partial charge is 0.481 e. The Labute approximate surface area is 459 Å². The van der Waals surface area contributed by atoms with E-state index in [1.807, 2.05) is 196 Å². The fraction of sp³-hybridized carbons (Fsp3) is 0.246. The third-order valence-electron chi connectivity index (χ3n) is 13.8. The van der Waals surface area contributed by atoms with Gasteiger partial charge >= 0.3 is 5.97 Å². The van der Waals surface area contributed by atoms with Crippen LogP contribution in [0.15, 0.2) is 121 Å². The van der Waals surface area contributed by atoms with E-state index in [1.165, 1.54) is 0 Å². The molecule has 8 bridgehead atoms. The summed E-state index contributed by atoms with van der Waals surface area (Å²) in [6.07, 6.45) is 7.33. The number of nitrogens with zero attached hydrogens (tertiary/aromatic N) is 2. The number of anilines is 4. The summed E-state index contributed by atoms with van der Waals surface area (Å²) >= 11 is 0. The summed E-state index contributed by atoms with van der Waals surface area (Å²) in [6, 6.07) is 38.0. The van der Waals surface area contributed by atoms with Crippen LogP contribution in [0.2, 0.25) is 0 Å². The summed E-state index contributed by atoms with van der Waals surface area (Å²) in [5.74, 6) is -2.12. The third-order valence-corrected chi connectivity index (χ3v) is 13.8. The van der Waals surface area contributed by atoms with Crippen LogP contribution in [0.5, 0.6) is 0 Å².